The second-order valence-electron chi connectivity index (χ2n) is 9.12. The summed E-state index contributed by atoms with van der Waals surface area (Å²) in [4.78, 5) is 17.3. The van der Waals surface area contributed by atoms with Gasteiger partial charge in [-0.15, -0.1) is 0 Å². The average molecular weight is 405 g/mol. The van der Waals surface area contributed by atoms with Crippen molar-refractivity contribution in [3.05, 3.63) is 0 Å². The first-order valence-corrected chi connectivity index (χ1v) is 10.2. The van der Waals surface area contributed by atoms with Crippen molar-refractivity contribution in [2.24, 2.45) is 34.0 Å². The minimum absolute atomic E-state index is 0.0453. The molecule has 1 saturated heterocycles. The highest BCUT2D eigenvalue weighted by Crippen LogP contribution is 2.57. The number of nitrogens with two attached hydrogens (primary N) is 3. The van der Waals surface area contributed by atoms with Gasteiger partial charge < -0.3 is 32.5 Å². The molecule has 0 radical (unpaired) electrons. The van der Waals surface area contributed by atoms with Gasteiger partial charge in [0.2, 0.25) is 11.9 Å². The topological polar surface area (TPSA) is 191 Å². The van der Waals surface area contributed by atoms with Crippen LogP contribution >= 0.6 is 0 Å². The number of rotatable bonds is 3. The molecule has 4 saturated carbocycles. The highest BCUT2D eigenvalue weighted by atomic mass is 16.3. The summed E-state index contributed by atoms with van der Waals surface area (Å²) in [6, 6.07) is 1.99. The van der Waals surface area contributed by atoms with Crippen molar-refractivity contribution >= 4 is 17.8 Å². The quantitative estimate of drug-likeness (QED) is 0.265. The van der Waals surface area contributed by atoms with Gasteiger partial charge in [0.25, 0.3) is 0 Å². The van der Waals surface area contributed by atoms with E-state index < -0.39 is 5.60 Å². The molecule has 5 atom stereocenters. The molecule has 10 heteroatoms. The van der Waals surface area contributed by atoms with E-state index in [2.05, 4.69) is 16.4 Å². The van der Waals surface area contributed by atoms with Crippen LogP contribution in [-0.4, -0.2) is 58.1 Å². The highest BCUT2D eigenvalue weighted by molar-refractivity contribution is 5.90. The number of nitrogens with zero attached hydrogens (tertiary/aromatic N) is 3. The van der Waals surface area contributed by atoms with Gasteiger partial charge >= 0.3 is 0 Å². The van der Waals surface area contributed by atoms with Gasteiger partial charge in [0.15, 0.2) is 5.96 Å². The van der Waals surface area contributed by atoms with Gasteiger partial charge in [-0.3, -0.25) is 10.2 Å². The third-order valence-electron chi connectivity index (χ3n) is 6.62. The number of amides is 1. The summed E-state index contributed by atoms with van der Waals surface area (Å²) in [5.74, 6) is 0.722. The van der Waals surface area contributed by atoms with Crippen molar-refractivity contribution in [2.45, 2.75) is 68.5 Å². The molecular weight excluding hydrogens is 372 g/mol. The lowest BCUT2D eigenvalue weighted by Crippen LogP contribution is -2.65. The molecule has 0 aromatic carbocycles. The lowest BCUT2D eigenvalue weighted by molar-refractivity contribution is -0.147. The van der Waals surface area contributed by atoms with E-state index >= 15 is 0 Å². The fourth-order valence-electron chi connectivity index (χ4n) is 6.12. The number of guanidine groups is 2. The Morgan fingerprint density at radius 1 is 1.28 bits per heavy atom. The van der Waals surface area contributed by atoms with E-state index in [1.54, 1.807) is 4.90 Å². The molecule has 0 aromatic rings. The molecule has 29 heavy (non-hydrogen) atoms. The Bertz CT molecular complexity index is 712. The van der Waals surface area contributed by atoms with Gasteiger partial charge in [-0.25, -0.2) is 0 Å². The Labute approximate surface area is 171 Å². The van der Waals surface area contributed by atoms with E-state index in [1.165, 1.54) is 6.42 Å². The Morgan fingerprint density at radius 3 is 2.41 bits per heavy atom. The number of aliphatic imine (C=N–C) groups is 1. The van der Waals surface area contributed by atoms with E-state index in [-0.39, 0.29) is 29.4 Å². The van der Waals surface area contributed by atoms with Gasteiger partial charge in [-0.05, 0) is 63.2 Å². The molecule has 5 fully saturated rings. The molecule has 10 nitrogen and oxygen atoms in total. The molecule has 4 bridgehead atoms. The van der Waals surface area contributed by atoms with E-state index in [4.69, 9.17) is 27.9 Å². The molecular formula is C19H32N8O2. The molecule has 4 aliphatic carbocycles. The predicted octanol–water partition coefficient (Wildman–Crippen LogP) is -0.672. The van der Waals surface area contributed by atoms with Crippen molar-refractivity contribution in [1.82, 2.24) is 10.2 Å². The zero-order valence-corrected chi connectivity index (χ0v) is 16.7. The molecule has 0 aromatic heterocycles. The van der Waals surface area contributed by atoms with Crippen LogP contribution in [0, 0.1) is 28.6 Å². The van der Waals surface area contributed by atoms with Crippen molar-refractivity contribution in [1.29, 1.82) is 10.7 Å². The standard InChI is InChI=1S/C17H25N3O2.C2H7N5/c18-9-14-2-1-3-20(14)15(21)10-19-16-5-12-4-13(6-16)8-17(22,7-12)11-16;3-1(4)7-2(5)6/h12-14,19,22H,1-8,10-11H2;(H7,3,4,5,6,7)/t12-,13+,14-,16?,17?;/m0./s1. The molecule has 9 N–H and O–H groups in total. The van der Waals surface area contributed by atoms with Crippen LogP contribution in [0.3, 0.4) is 0 Å². The first-order valence-electron chi connectivity index (χ1n) is 10.2. The van der Waals surface area contributed by atoms with Crippen LogP contribution in [0.25, 0.3) is 0 Å². The monoisotopic (exact) mass is 404 g/mol. The van der Waals surface area contributed by atoms with Gasteiger partial charge in [0.1, 0.15) is 6.04 Å². The van der Waals surface area contributed by atoms with Crippen LogP contribution in [0.4, 0.5) is 0 Å². The van der Waals surface area contributed by atoms with Gasteiger partial charge in [-0.1, -0.05) is 0 Å². The lowest BCUT2D eigenvalue weighted by Gasteiger charge is -2.60. The smallest absolute Gasteiger partial charge is 0.237 e. The first-order chi connectivity index (χ1) is 13.6. The summed E-state index contributed by atoms with van der Waals surface area (Å²) in [6.45, 7) is 1.02. The SMILES string of the molecule is N#C[C@@H]1CCCN1C(=O)CNC12C[C@@H]3C[C@@H](CC(O)(C3)C1)C2.N=C(N)N=C(N)N. The Balaban J connectivity index is 0.000000298. The molecule has 5 aliphatic rings. The summed E-state index contributed by atoms with van der Waals surface area (Å²) in [6.07, 6.45) is 7.87. The summed E-state index contributed by atoms with van der Waals surface area (Å²) in [7, 11) is 0. The number of nitrogens with one attached hydrogen (secondary N) is 2. The molecule has 160 valence electrons. The number of nitriles is 1. The number of hydrogen-bond acceptors (Lipinski definition) is 5. The maximum atomic E-state index is 12.4. The van der Waals surface area contributed by atoms with Crippen molar-refractivity contribution in [2.75, 3.05) is 13.1 Å². The van der Waals surface area contributed by atoms with E-state index in [9.17, 15) is 9.90 Å². The molecule has 2 unspecified atom stereocenters. The van der Waals surface area contributed by atoms with Crippen LogP contribution < -0.4 is 22.5 Å². The van der Waals surface area contributed by atoms with Crippen molar-refractivity contribution in [3.63, 3.8) is 0 Å². The Hall–Kier alpha value is -2.38. The minimum atomic E-state index is -0.497. The molecule has 5 rings (SSSR count). The summed E-state index contributed by atoms with van der Waals surface area (Å²) < 4.78 is 0. The second kappa shape index (κ2) is 8.16. The summed E-state index contributed by atoms with van der Waals surface area (Å²) in [5, 5.41) is 29.8. The number of aliphatic hydroxyl groups is 1. The first kappa shape index (κ1) is 21.3. The van der Waals surface area contributed by atoms with E-state index in [0.29, 0.717) is 24.9 Å². The maximum Gasteiger partial charge on any atom is 0.237 e. The lowest BCUT2D eigenvalue weighted by atomic mass is 9.51. The fraction of sp³-hybridized carbons (Fsp3) is 0.789. The molecule has 1 amide bonds. The van der Waals surface area contributed by atoms with Crippen LogP contribution in [-0.2, 0) is 4.79 Å². The number of hydrogen-bond donors (Lipinski definition) is 6. The Morgan fingerprint density at radius 2 is 1.93 bits per heavy atom. The van der Waals surface area contributed by atoms with Gasteiger partial charge in [-0.2, -0.15) is 10.3 Å². The third-order valence-corrected chi connectivity index (χ3v) is 6.62. The summed E-state index contributed by atoms with van der Waals surface area (Å²) >= 11 is 0. The second-order valence-corrected chi connectivity index (χ2v) is 9.12. The maximum absolute atomic E-state index is 12.4. The fourth-order valence-corrected chi connectivity index (χ4v) is 6.12. The van der Waals surface area contributed by atoms with Crippen LogP contribution in [0.2, 0.25) is 0 Å². The van der Waals surface area contributed by atoms with Crippen molar-refractivity contribution in [3.8, 4) is 6.07 Å². The third kappa shape index (κ3) is 4.97. The normalized spacial score (nSPS) is 36.7. The zero-order chi connectivity index (χ0) is 21.2. The summed E-state index contributed by atoms with van der Waals surface area (Å²) in [5.41, 5.74) is 13.8. The minimum Gasteiger partial charge on any atom is -0.390 e. The largest absolute Gasteiger partial charge is 0.390 e. The Kier molecular flexibility index (Phi) is 6.00. The van der Waals surface area contributed by atoms with Crippen LogP contribution in [0.1, 0.15) is 51.4 Å². The average Bonchev–Trinajstić information content (AvgIpc) is 3.05. The van der Waals surface area contributed by atoms with E-state index in [1.807, 2.05) is 0 Å². The van der Waals surface area contributed by atoms with Crippen molar-refractivity contribution < 1.29 is 9.90 Å². The number of carbonyl (C=O) groups excluding carboxylic acids is 1. The van der Waals surface area contributed by atoms with Crippen LogP contribution in [0.15, 0.2) is 4.99 Å². The van der Waals surface area contributed by atoms with Crippen LogP contribution in [0.5, 0.6) is 0 Å². The zero-order valence-electron chi connectivity index (χ0n) is 16.7. The van der Waals surface area contributed by atoms with Gasteiger partial charge in [0, 0.05) is 12.1 Å². The number of likely N-dealkylation sites (tertiary alicyclic amines) is 1. The molecule has 1 heterocycles. The highest BCUT2D eigenvalue weighted by Gasteiger charge is 2.57. The van der Waals surface area contributed by atoms with Gasteiger partial charge in [0.05, 0.1) is 18.2 Å². The number of carbonyl (C=O) groups is 1. The predicted molar refractivity (Wildman–Crippen MR) is 108 cm³/mol. The molecule has 1 aliphatic heterocycles. The van der Waals surface area contributed by atoms with E-state index in [0.717, 1.165) is 44.9 Å². The molecule has 0 spiro atoms.